The van der Waals surface area contributed by atoms with Crippen molar-refractivity contribution >= 4 is 23.2 Å². The first-order valence-corrected chi connectivity index (χ1v) is 6.05. The summed E-state index contributed by atoms with van der Waals surface area (Å²) in [7, 11) is 0. The molecular formula is C11H11ClN6O. The van der Waals surface area contributed by atoms with Crippen molar-refractivity contribution in [3.05, 3.63) is 34.6 Å². The van der Waals surface area contributed by atoms with E-state index < -0.39 is 0 Å². The summed E-state index contributed by atoms with van der Waals surface area (Å²) in [6, 6.07) is 1.86. The Morgan fingerprint density at radius 2 is 2.26 bits per heavy atom. The minimum atomic E-state index is 0.400. The van der Waals surface area contributed by atoms with Crippen LogP contribution in [0, 0.1) is 13.8 Å². The predicted octanol–water partition coefficient (Wildman–Crippen LogP) is 1.99. The van der Waals surface area contributed by atoms with Crippen LogP contribution in [-0.4, -0.2) is 24.7 Å². The molecule has 0 fully saturated rings. The van der Waals surface area contributed by atoms with Crippen molar-refractivity contribution in [3.8, 4) is 0 Å². The lowest BCUT2D eigenvalue weighted by molar-refractivity contribution is 0.384. The Kier molecular flexibility index (Phi) is 2.83. The molecule has 8 heteroatoms. The highest BCUT2D eigenvalue weighted by atomic mass is 35.5. The Morgan fingerprint density at radius 3 is 3.00 bits per heavy atom. The molecule has 0 bridgehead atoms. The number of anilines is 1. The van der Waals surface area contributed by atoms with E-state index in [1.54, 1.807) is 4.52 Å². The maximum absolute atomic E-state index is 6.07. The SMILES string of the molecule is Cc1cc(CNc2c(C)c(Cl)nc3ncnn23)on1. The third-order valence-corrected chi connectivity index (χ3v) is 3.08. The molecule has 0 unspecified atom stereocenters. The molecule has 3 heterocycles. The van der Waals surface area contributed by atoms with Gasteiger partial charge in [0.2, 0.25) is 0 Å². The molecule has 0 atom stereocenters. The number of nitrogens with zero attached hydrogens (tertiary/aromatic N) is 5. The number of fused-ring (bicyclic) bond motifs is 1. The lowest BCUT2D eigenvalue weighted by atomic mass is 10.3. The van der Waals surface area contributed by atoms with Crippen LogP contribution >= 0.6 is 11.6 Å². The van der Waals surface area contributed by atoms with E-state index in [0.717, 1.165) is 22.8 Å². The molecule has 3 aromatic heterocycles. The summed E-state index contributed by atoms with van der Waals surface area (Å²) >= 11 is 6.07. The van der Waals surface area contributed by atoms with Crippen LogP contribution in [-0.2, 0) is 6.54 Å². The lowest BCUT2D eigenvalue weighted by Crippen LogP contribution is -2.08. The van der Waals surface area contributed by atoms with Gasteiger partial charge in [-0.2, -0.15) is 19.6 Å². The van der Waals surface area contributed by atoms with Gasteiger partial charge in [-0.05, 0) is 13.8 Å². The van der Waals surface area contributed by atoms with Gasteiger partial charge in [0.25, 0.3) is 5.78 Å². The third-order valence-electron chi connectivity index (χ3n) is 2.71. The molecule has 0 aliphatic rings. The molecule has 0 saturated heterocycles. The second-order valence-corrected chi connectivity index (χ2v) is 4.49. The third kappa shape index (κ3) is 2.12. The van der Waals surface area contributed by atoms with E-state index in [9.17, 15) is 0 Å². The summed E-state index contributed by atoms with van der Waals surface area (Å²) in [6.45, 7) is 4.22. The summed E-state index contributed by atoms with van der Waals surface area (Å²) < 4.78 is 6.74. The first-order chi connectivity index (χ1) is 9.15. The van der Waals surface area contributed by atoms with Gasteiger partial charge < -0.3 is 9.84 Å². The van der Waals surface area contributed by atoms with Crippen molar-refractivity contribution < 1.29 is 4.52 Å². The number of aryl methyl sites for hydroxylation is 1. The summed E-state index contributed by atoms with van der Waals surface area (Å²) in [5.74, 6) is 1.92. The number of aromatic nitrogens is 5. The zero-order valence-corrected chi connectivity index (χ0v) is 11.1. The van der Waals surface area contributed by atoms with Gasteiger partial charge in [-0.3, -0.25) is 0 Å². The highest BCUT2D eigenvalue weighted by Gasteiger charge is 2.12. The van der Waals surface area contributed by atoms with Crippen molar-refractivity contribution in [2.75, 3.05) is 5.32 Å². The van der Waals surface area contributed by atoms with E-state index in [-0.39, 0.29) is 0 Å². The van der Waals surface area contributed by atoms with Crippen LogP contribution in [0.2, 0.25) is 5.15 Å². The summed E-state index contributed by atoms with van der Waals surface area (Å²) in [6.07, 6.45) is 1.43. The van der Waals surface area contributed by atoms with Gasteiger partial charge in [0.1, 0.15) is 17.3 Å². The summed E-state index contributed by atoms with van der Waals surface area (Å²) in [5, 5.41) is 11.6. The Balaban J connectivity index is 1.95. The number of hydrogen-bond donors (Lipinski definition) is 1. The van der Waals surface area contributed by atoms with Crippen LogP contribution in [0.3, 0.4) is 0 Å². The maximum Gasteiger partial charge on any atom is 0.255 e. The van der Waals surface area contributed by atoms with E-state index in [2.05, 4.69) is 25.5 Å². The number of hydrogen-bond acceptors (Lipinski definition) is 6. The van der Waals surface area contributed by atoms with Crippen molar-refractivity contribution in [1.82, 2.24) is 24.7 Å². The van der Waals surface area contributed by atoms with Gasteiger partial charge in [0.05, 0.1) is 12.2 Å². The average Bonchev–Trinajstić information content (AvgIpc) is 2.99. The predicted molar refractivity (Wildman–Crippen MR) is 69.1 cm³/mol. The standard InChI is InChI=1S/C11H11ClN6O/c1-6-3-8(19-17-6)4-13-10-7(2)9(12)16-11-14-5-15-18(10)11/h3,5,13H,4H2,1-2H3. The fourth-order valence-corrected chi connectivity index (χ4v) is 1.94. The van der Waals surface area contributed by atoms with Crippen molar-refractivity contribution in [3.63, 3.8) is 0 Å². The quantitative estimate of drug-likeness (QED) is 0.738. The van der Waals surface area contributed by atoms with Gasteiger partial charge in [-0.25, -0.2) is 0 Å². The van der Waals surface area contributed by atoms with Crippen molar-refractivity contribution in [1.29, 1.82) is 0 Å². The van der Waals surface area contributed by atoms with Crippen LogP contribution in [0.5, 0.6) is 0 Å². The number of halogens is 1. The first-order valence-electron chi connectivity index (χ1n) is 5.67. The summed E-state index contributed by atoms with van der Waals surface area (Å²) in [4.78, 5) is 8.15. The molecule has 0 aromatic carbocycles. The zero-order chi connectivity index (χ0) is 13.4. The molecule has 98 valence electrons. The molecule has 0 saturated carbocycles. The smallest absolute Gasteiger partial charge is 0.255 e. The minimum Gasteiger partial charge on any atom is -0.362 e. The number of nitrogens with one attached hydrogen (secondary N) is 1. The highest BCUT2D eigenvalue weighted by molar-refractivity contribution is 6.30. The Bertz CT molecular complexity index is 734. The van der Waals surface area contributed by atoms with Crippen LogP contribution in [0.25, 0.3) is 5.78 Å². The normalized spacial score (nSPS) is 11.1. The van der Waals surface area contributed by atoms with Gasteiger partial charge in [-0.15, -0.1) is 0 Å². The van der Waals surface area contributed by atoms with Crippen LogP contribution in [0.15, 0.2) is 16.9 Å². The van der Waals surface area contributed by atoms with Crippen LogP contribution < -0.4 is 5.32 Å². The van der Waals surface area contributed by atoms with E-state index in [4.69, 9.17) is 16.1 Å². The maximum atomic E-state index is 6.07. The van der Waals surface area contributed by atoms with Crippen LogP contribution in [0.1, 0.15) is 17.0 Å². The molecule has 7 nitrogen and oxygen atoms in total. The summed E-state index contributed by atoms with van der Waals surface area (Å²) in [5.41, 5.74) is 1.64. The molecule has 0 radical (unpaired) electrons. The van der Waals surface area contributed by atoms with Gasteiger partial charge in [-0.1, -0.05) is 16.8 Å². The fourth-order valence-electron chi connectivity index (χ4n) is 1.78. The van der Waals surface area contributed by atoms with Crippen molar-refractivity contribution in [2.24, 2.45) is 0 Å². The molecular weight excluding hydrogens is 268 g/mol. The van der Waals surface area contributed by atoms with Crippen molar-refractivity contribution in [2.45, 2.75) is 20.4 Å². The van der Waals surface area contributed by atoms with Crippen LogP contribution in [0.4, 0.5) is 5.82 Å². The Labute approximate surface area is 113 Å². The lowest BCUT2D eigenvalue weighted by Gasteiger charge is -2.10. The molecule has 3 aromatic rings. The monoisotopic (exact) mass is 278 g/mol. The molecule has 0 amide bonds. The first kappa shape index (κ1) is 11.9. The van der Waals surface area contributed by atoms with E-state index >= 15 is 0 Å². The zero-order valence-electron chi connectivity index (χ0n) is 10.4. The number of rotatable bonds is 3. The van der Waals surface area contributed by atoms with Gasteiger partial charge in [0.15, 0.2) is 5.76 Å². The highest BCUT2D eigenvalue weighted by Crippen LogP contribution is 2.22. The van der Waals surface area contributed by atoms with E-state index in [0.29, 0.717) is 17.5 Å². The molecule has 0 spiro atoms. The Hall–Kier alpha value is -2.15. The second-order valence-electron chi connectivity index (χ2n) is 4.14. The van der Waals surface area contributed by atoms with Gasteiger partial charge >= 0.3 is 0 Å². The molecule has 1 N–H and O–H groups in total. The topological polar surface area (TPSA) is 81.1 Å². The molecule has 0 aliphatic carbocycles. The molecule has 0 aliphatic heterocycles. The average molecular weight is 279 g/mol. The fraction of sp³-hybridized carbons (Fsp3) is 0.273. The van der Waals surface area contributed by atoms with E-state index in [1.165, 1.54) is 6.33 Å². The molecule has 3 rings (SSSR count). The molecule has 19 heavy (non-hydrogen) atoms. The minimum absolute atomic E-state index is 0.400. The largest absolute Gasteiger partial charge is 0.362 e. The van der Waals surface area contributed by atoms with E-state index in [1.807, 2.05) is 19.9 Å². The second kappa shape index (κ2) is 4.51. The van der Waals surface area contributed by atoms with Gasteiger partial charge in [0, 0.05) is 11.6 Å². The Morgan fingerprint density at radius 1 is 1.42 bits per heavy atom.